The Kier molecular flexibility index (Phi) is 6.50. The molecule has 7 heteroatoms. The predicted octanol–water partition coefficient (Wildman–Crippen LogP) is 3.33. The van der Waals surface area contributed by atoms with Crippen LogP contribution in [0.15, 0.2) is 58.5 Å². The summed E-state index contributed by atoms with van der Waals surface area (Å²) in [6.07, 6.45) is 3.07. The molecule has 3 aromatic rings. The van der Waals surface area contributed by atoms with Gasteiger partial charge in [-0.1, -0.05) is 48.2 Å². The molecule has 30 heavy (non-hydrogen) atoms. The van der Waals surface area contributed by atoms with Gasteiger partial charge in [0, 0.05) is 7.11 Å². The van der Waals surface area contributed by atoms with E-state index < -0.39 is 0 Å². The molecule has 0 spiro atoms. The van der Waals surface area contributed by atoms with Crippen molar-refractivity contribution < 1.29 is 9.53 Å². The number of para-hydroxylation sites is 1. The largest absolute Gasteiger partial charge is 0.383 e. The monoisotopic (exact) mass is 423 g/mol. The Bertz CT molecular complexity index is 1110. The van der Waals surface area contributed by atoms with Gasteiger partial charge in [-0.2, -0.15) is 0 Å². The van der Waals surface area contributed by atoms with Crippen LogP contribution in [0, 0.1) is 0 Å². The second-order valence-corrected chi connectivity index (χ2v) is 8.30. The molecule has 6 nitrogen and oxygen atoms in total. The third kappa shape index (κ3) is 4.42. The molecule has 1 N–H and O–H groups in total. The lowest BCUT2D eigenvalue weighted by Gasteiger charge is -2.26. The maximum absolute atomic E-state index is 12.9. The molecule has 0 radical (unpaired) electrons. The Morgan fingerprint density at radius 1 is 1.23 bits per heavy atom. The summed E-state index contributed by atoms with van der Waals surface area (Å²) in [4.78, 5) is 30.2. The Morgan fingerprint density at radius 2 is 2.03 bits per heavy atom. The van der Waals surface area contributed by atoms with E-state index in [2.05, 4.69) is 22.4 Å². The van der Waals surface area contributed by atoms with E-state index in [0.29, 0.717) is 29.2 Å². The number of fused-ring (bicyclic) bond motifs is 2. The van der Waals surface area contributed by atoms with Crippen LogP contribution in [0.2, 0.25) is 0 Å². The van der Waals surface area contributed by atoms with Crippen LogP contribution >= 0.6 is 11.8 Å². The van der Waals surface area contributed by atoms with Crippen molar-refractivity contribution in [3.05, 3.63) is 70.0 Å². The maximum atomic E-state index is 12.9. The van der Waals surface area contributed by atoms with Crippen LogP contribution in [0.4, 0.5) is 0 Å². The van der Waals surface area contributed by atoms with Gasteiger partial charge in [-0.25, -0.2) is 4.98 Å². The van der Waals surface area contributed by atoms with Crippen molar-refractivity contribution in [1.29, 1.82) is 0 Å². The van der Waals surface area contributed by atoms with E-state index in [-0.39, 0.29) is 23.3 Å². The van der Waals surface area contributed by atoms with Gasteiger partial charge in [0.05, 0.1) is 35.8 Å². The van der Waals surface area contributed by atoms with Gasteiger partial charge in [0.2, 0.25) is 5.91 Å². The van der Waals surface area contributed by atoms with Crippen LogP contribution in [0.5, 0.6) is 0 Å². The lowest BCUT2D eigenvalue weighted by atomic mass is 9.88. The minimum absolute atomic E-state index is 0.0447. The number of aryl methyl sites for hydroxylation is 1. The molecule has 4 rings (SSSR count). The van der Waals surface area contributed by atoms with Gasteiger partial charge in [0.25, 0.3) is 5.56 Å². The summed E-state index contributed by atoms with van der Waals surface area (Å²) in [5.74, 6) is 0.151. The fourth-order valence-corrected chi connectivity index (χ4v) is 4.74. The highest BCUT2D eigenvalue weighted by Gasteiger charge is 2.22. The third-order valence-electron chi connectivity index (χ3n) is 5.38. The van der Waals surface area contributed by atoms with Crippen molar-refractivity contribution in [2.45, 2.75) is 37.0 Å². The highest BCUT2D eigenvalue weighted by atomic mass is 32.2. The zero-order valence-electron chi connectivity index (χ0n) is 17.0. The van der Waals surface area contributed by atoms with E-state index in [4.69, 9.17) is 4.74 Å². The number of ether oxygens (including phenoxy) is 1. The van der Waals surface area contributed by atoms with Crippen LogP contribution in [0.1, 0.15) is 30.0 Å². The summed E-state index contributed by atoms with van der Waals surface area (Å²) in [5.41, 5.74) is 3.05. The molecular weight excluding hydrogens is 398 g/mol. The molecule has 0 fully saturated rings. The number of hydrogen-bond donors (Lipinski definition) is 1. The topological polar surface area (TPSA) is 73.2 Å². The van der Waals surface area contributed by atoms with Gasteiger partial charge in [-0.15, -0.1) is 0 Å². The standard InChI is InChI=1S/C23H25N3O3S/c1-29-14-13-26-22(28)18-10-4-5-11-20(18)25-23(26)30-15-21(27)24-19-12-6-8-16-7-2-3-9-17(16)19/h2-5,7,9-11,19H,6,8,12-15H2,1H3,(H,24,27)/t19-/m0/s1. The summed E-state index contributed by atoms with van der Waals surface area (Å²) in [5, 5.41) is 4.27. The van der Waals surface area contributed by atoms with Crippen molar-refractivity contribution >= 4 is 28.6 Å². The van der Waals surface area contributed by atoms with Crippen LogP contribution in [0.3, 0.4) is 0 Å². The van der Waals surface area contributed by atoms with E-state index in [9.17, 15) is 9.59 Å². The van der Waals surface area contributed by atoms with Gasteiger partial charge in [0.15, 0.2) is 5.16 Å². The zero-order valence-corrected chi connectivity index (χ0v) is 17.8. The normalized spacial score (nSPS) is 15.7. The van der Waals surface area contributed by atoms with Crippen molar-refractivity contribution in [2.24, 2.45) is 0 Å². The molecule has 0 unspecified atom stereocenters. The van der Waals surface area contributed by atoms with Crippen LogP contribution < -0.4 is 10.9 Å². The van der Waals surface area contributed by atoms with E-state index in [1.165, 1.54) is 22.9 Å². The van der Waals surface area contributed by atoms with Crippen molar-refractivity contribution in [3.8, 4) is 0 Å². The zero-order chi connectivity index (χ0) is 20.9. The number of nitrogens with zero attached hydrogens (tertiary/aromatic N) is 2. The molecule has 1 heterocycles. The first-order valence-corrected chi connectivity index (χ1v) is 11.1. The molecule has 1 aliphatic carbocycles. The predicted molar refractivity (Wildman–Crippen MR) is 119 cm³/mol. The van der Waals surface area contributed by atoms with Gasteiger partial charge in [-0.3, -0.25) is 14.2 Å². The first-order valence-electron chi connectivity index (χ1n) is 10.2. The number of amides is 1. The van der Waals surface area contributed by atoms with Gasteiger partial charge in [-0.05, 0) is 42.5 Å². The van der Waals surface area contributed by atoms with Crippen LogP contribution in [-0.4, -0.2) is 34.9 Å². The highest BCUT2D eigenvalue weighted by Crippen LogP contribution is 2.29. The maximum Gasteiger partial charge on any atom is 0.262 e. The second kappa shape index (κ2) is 9.45. The minimum atomic E-state index is -0.109. The average Bonchev–Trinajstić information content (AvgIpc) is 2.77. The molecule has 156 valence electrons. The van der Waals surface area contributed by atoms with E-state index in [0.717, 1.165) is 19.3 Å². The SMILES string of the molecule is COCCn1c(SCC(=O)N[C@H]2CCCc3ccccc32)nc2ccccc2c1=O. The molecule has 0 bridgehead atoms. The highest BCUT2D eigenvalue weighted by molar-refractivity contribution is 7.99. The smallest absolute Gasteiger partial charge is 0.262 e. The molecule has 0 aliphatic heterocycles. The molecular formula is C23H25N3O3S. The summed E-state index contributed by atoms with van der Waals surface area (Å²) < 4.78 is 6.75. The van der Waals surface area contributed by atoms with Crippen molar-refractivity contribution in [2.75, 3.05) is 19.5 Å². The third-order valence-corrected chi connectivity index (χ3v) is 6.36. The quantitative estimate of drug-likeness (QED) is 0.466. The number of aromatic nitrogens is 2. The molecule has 1 amide bonds. The summed E-state index contributed by atoms with van der Waals surface area (Å²) >= 11 is 1.29. The van der Waals surface area contributed by atoms with Gasteiger partial charge in [0.1, 0.15) is 0 Å². The number of carbonyl (C=O) groups is 1. The fraction of sp³-hybridized carbons (Fsp3) is 0.348. The fourth-order valence-electron chi connectivity index (χ4n) is 3.91. The minimum Gasteiger partial charge on any atom is -0.383 e. The molecule has 1 atom stereocenters. The van der Waals surface area contributed by atoms with Crippen molar-refractivity contribution in [1.82, 2.24) is 14.9 Å². The summed E-state index contributed by atoms with van der Waals surface area (Å²) in [7, 11) is 1.60. The number of nitrogens with one attached hydrogen (secondary N) is 1. The van der Waals surface area contributed by atoms with E-state index in [1.54, 1.807) is 17.7 Å². The molecule has 0 saturated carbocycles. The lowest BCUT2D eigenvalue weighted by Crippen LogP contribution is -2.32. The second-order valence-electron chi connectivity index (χ2n) is 7.36. The van der Waals surface area contributed by atoms with Crippen LogP contribution in [0.25, 0.3) is 10.9 Å². The Morgan fingerprint density at radius 3 is 2.90 bits per heavy atom. The molecule has 0 saturated heterocycles. The first kappa shape index (κ1) is 20.6. The number of carbonyl (C=O) groups excluding carboxylic acids is 1. The van der Waals surface area contributed by atoms with Gasteiger partial charge >= 0.3 is 0 Å². The summed E-state index contributed by atoms with van der Waals surface area (Å²) in [6, 6.07) is 15.6. The number of methoxy groups -OCH3 is 1. The number of rotatable bonds is 7. The summed E-state index contributed by atoms with van der Waals surface area (Å²) in [6.45, 7) is 0.797. The molecule has 1 aliphatic rings. The number of benzene rings is 2. The van der Waals surface area contributed by atoms with Crippen molar-refractivity contribution in [3.63, 3.8) is 0 Å². The Hall–Kier alpha value is -2.64. The molecule has 1 aromatic heterocycles. The molecule has 2 aromatic carbocycles. The first-order chi connectivity index (χ1) is 14.7. The van der Waals surface area contributed by atoms with E-state index >= 15 is 0 Å². The number of thioether (sulfide) groups is 1. The Labute approximate surface area is 179 Å². The van der Waals surface area contributed by atoms with Gasteiger partial charge < -0.3 is 10.1 Å². The van der Waals surface area contributed by atoms with Crippen LogP contribution in [-0.2, 0) is 22.5 Å². The number of hydrogen-bond acceptors (Lipinski definition) is 5. The average molecular weight is 424 g/mol. The van der Waals surface area contributed by atoms with E-state index in [1.807, 2.05) is 30.3 Å². The lowest BCUT2D eigenvalue weighted by molar-refractivity contribution is -0.119. The Balaban J connectivity index is 1.50.